The van der Waals surface area contributed by atoms with Crippen LogP contribution >= 0.6 is 69.6 Å². The first kappa shape index (κ1) is 20.0. The van der Waals surface area contributed by atoms with Gasteiger partial charge in [0.05, 0.1) is 32.4 Å². The fraction of sp³-hybridized carbons (Fsp3) is 0.0556. The van der Waals surface area contributed by atoms with E-state index in [1.807, 2.05) is 0 Å². The number of aliphatic hydroxyl groups excluding tert-OH is 1. The maximum Gasteiger partial charge on any atom is 0.0736 e. The largest absolute Gasteiger partial charge is 0.392 e. The normalized spacial score (nSPS) is 11.0. The van der Waals surface area contributed by atoms with Gasteiger partial charge >= 0.3 is 0 Å². The molecule has 134 valence electrons. The van der Waals surface area contributed by atoms with E-state index in [0.717, 1.165) is 0 Å². The molecule has 0 unspecified atom stereocenters. The lowest BCUT2D eigenvalue weighted by Gasteiger charge is -2.14. The Morgan fingerprint density at radius 3 is 1.62 bits per heavy atom. The highest BCUT2D eigenvalue weighted by Gasteiger charge is 2.18. The molecule has 0 saturated heterocycles. The van der Waals surface area contributed by atoms with Crippen molar-refractivity contribution in [3.8, 4) is 22.4 Å². The molecule has 26 heavy (non-hydrogen) atoms. The molecule has 1 aromatic heterocycles. The number of aromatic nitrogens is 1. The number of pyridine rings is 1. The lowest BCUT2D eigenvalue weighted by molar-refractivity contribution is 0.282. The second-order valence-corrected chi connectivity index (χ2v) is 7.88. The zero-order valence-electron chi connectivity index (χ0n) is 12.8. The number of rotatable bonds is 3. The maximum absolute atomic E-state index is 9.84. The molecule has 0 fully saturated rings. The van der Waals surface area contributed by atoms with Crippen LogP contribution in [0.3, 0.4) is 0 Å². The van der Waals surface area contributed by atoms with E-state index in [1.54, 1.807) is 36.5 Å². The van der Waals surface area contributed by atoms with Gasteiger partial charge in [0.2, 0.25) is 0 Å². The summed E-state index contributed by atoms with van der Waals surface area (Å²) in [6.45, 7) is -0.261. The van der Waals surface area contributed by atoms with E-state index in [1.165, 1.54) is 0 Å². The molecule has 3 aromatic rings. The number of aliphatic hydroxyl groups is 1. The number of hydrogen-bond donors (Lipinski definition) is 1. The summed E-state index contributed by atoms with van der Waals surface area (Å²) in [4.78, 5) is 4.42. The van der Waals surface area contributed by atoms with Crippen molar-refractivity contribution in [2.75, 3.05) is 0 Å². The van der Waals surface area contributed by atoms with Gasteiger partial charge in [-0.3, -0.25) is 4.98 Å². The zero-order valence-corrected chi connectivity index (χ0v) is 17.4. The molecule has 2 nitrogen and oxygen atoms in total. The third-order valence-electron chi connectivity index (χ3n) is 3.70. The van der Waals surface area contributed by atoms with Crippen LogP contribution < -0.4 is 0 Å². The topological polar surface area (TPSA) is 33.1 Å². The van der Waals surface area contributed by atoms with Crippen LogP contribution in [0.2, 0.25) is 30.1 Å². The van der Waals surface area contributed by atoms with E-state index < -0.39 is 0 Å². The standard InChI is InChI=1S/C18H9Cl6NO/c19-9-2-12(21)17(13(22)3-9)11-6-25-16(1-8(11)7-26)18-14(23)4-10(20)5-15(18)24/h1-6,26H,7H2. The average Bonchev–Trinajstić information content (AvgIpc) is 2.53. The lowest BCUT2D eigenvalue weighted by atomic mass is 9.99. The Labute approximate surface area is 180 Å². The summed E-state index contributed by atoms with van der Waals surface area (Å²) >= 11 is 37.0. The van der Waals surface area contributed by atoms with E-state index in [9.17, 15) is 5.11 Å². The van der Waals surface area contributed by atoms with E-state index in [2.05, 4.69) is 4.98 Å². The molecule has 0 atom stereocenters. The predicted molar refractivity (Wildman–Crippen MR) is 111 cm³/mol. The summed E-state index contributed by atoms with van der Waals surface area (Å²) in [6, 6.07) is 7.98. The molecule has 1 heterocycles. The molecular formula is C18H9Cl6NO. The van der Waals surface area contributed by atoms with Crippen molar-refractivity contribution in [3.63, 3.8) is 0 Å². The van der Waals surface area contributed by atoms with Crippen molar-refractivity contribution >= 4 is 69.6 Å². The van der Waals surface area contributed by atoms with Crippen LogP contribution in [0.1, 0.15) is 5.56 Å². The van der Waals surface area contributed by atoms with E-state index in [4.69, 9.17) is 69.6 Å². The average molecular weight is 468 g/mol. The summed E-state index contributed by atoms with van der Waals surface area (Å²) in [7, 11) is 0. The number of hydrogen-bond acceptors (Lipinski definition) is 2. The summed E-state index contributed by atoms with van der Waals surface area (Å²) in [5.41, 5.74) is 2.69. The molecule has 2 aromatic carbocycles. The Hall–Kier alpha value is -0.710. The molecule has 0 aliphatic carbocycles. The molecule has 1 N–H and O–H groups in total. The van der Waals surface area contributed by atoms with Gasteiger partial charge in [0.1, 0.15) is 0 Å². The second kappa shape index (κ2) is 8.12. The quantitative estimate of drug-likeness (QED) is 0.425. The number of nitrogens with zero attached hydrogens (tertiary/aromatic N) is 1. The van der Waals surface area contributed by atoms with Crippen LogP contribution in [0.25, 0.3) is 22.4 Å². The number of benzene rings is 2. The Kier molecular flexibility index (Phi) is 6.25. The van der Waals surface area contributed by atoms with Gasteiger partial charge in [0.25, 0.3) is 0 Å². The molecule has 0 saturated carbocycles. The van der Waals surface area contributed by atoms with Gasteiger partial charge in [0, 0.05) is 32.9 Å². The van der Waals surface area contributed by atoms with Gasteiger partial charge in [0.15, 0.2) is 0 Å². The van der Waals surface area contributed by atoms with Crippen molar-refractivity contribution in [1.29, 1.82) is 0 Å². The van der Waals surface area contributed by atoms with Crippen molar-refractivity contribution in [2.45, 2.75) is 6.61 Å². The van der Waals surface area contributed by atoms with Crippen LogP contribution in [0, 0.1) is 0 Å². The van der Waals surface area contributed by atoms with Crippen LogP contribution in [-0.2, 0) is 6.61 Å². The van der Waals surface area contributed by atoms with Gasteiger partial charge in [-0.1, -0.05) is 69.6 Å². The Bertz CT molecular complexity index is 959. The summed E-state index contributed by atoms with van der Waals surface area (Å²) in [5, 5.41) is 12.1. The monoisotopic (exact) mass is 465 g/mol. The van der Waals surface area contributed by atoms with E-state index in [0.29, 0.717) is 58.1 Å². The Morgan fingerprint density at radius 1 is 0.692 bits per heavy atom. The third kappa shape index (κ3) is 3.93. The van der Waals surface area contributed by atoms with E-state index in [-0.39, 0.29) is 6.61 Å². The highest BCUT2D eigenvalue weighted by atomic mass is 35.5. The molecule has 0 aliphatic rings. The molecule has 0 aliphatic heterocycles. The molecule has 0 amide bonds. The SMILES string of the molecule is OCc1cc(-c2c(Cl)cc(Cl)cc2Cl)ncc1-c1c(Cl)cc(Cl)cc1Cl. The summed E-state index contributed by atoms with van der Waals surface area (Å²) < 4.78 is 0. The van der Waals surface area contributed by atoms with Gasteiger partial charge in [-0.05, 0) is 35.9 Å². The van der Waals surface area contributed by atoms with Gasteiger partial charge in [-0.25, -0.2) is 0 Å². The third-order valence-corrected chi connectivity index (χ3v) is 5.33. The first-order valence-corrected chi connectivity index (χ1v) is 9.48. The molecule has 3 rings (SSSR count). The van der Waals surface area contributed by atoms with Crippen molar-refractivity contribution in [1.82, 2.24) is 4.98 Å². The van der Waals surface area contributed by atoms with Crippen molar-refractivity contribution in [2.24, 2.45) is 0 Å². The maximum atomic E-state index is 9.84. The first-order valence-electron chi connectivity index (χ1n) is 7.21. The molecule has 0 radical (unpaired) electrons. The van der Waals surface area contributed by atoms with Crippen LogP contribution in [-0.4, -0.2) is 10.1 Å². The highest BCUT2D eigenvalue weighted by molar-refractivity contribution is 6.42. The van der Waals surface area contributed by atoms with Gasteiger partial charge in [-0.15, -0.1) is 0 Å². The van der Waals surface area contributed by atoms with Gasteiger partial charge < -0.3 is 5.11 Å². The highest BCUT2D eigenvalue weighted by Crippen LogP contribution is 2.41. The van der Waals surface area contributed by atoms with Crippen LogP contribution in [0.4, 0.5) is 0 Å². The Morgan fingerprint density at radius 2 is 1.15 bits per heavy atom. The molecule has 8 heteroatoms. The minimum absolute atomic E-state index is 0.261. The smallest absolute Gasteiger partial charge is 0.0736 e. The lowest BCUT2D eigenvalue weighted by Crippen LogP contribution is -1.96. The Balaban J connectivity index is 2.20. The predicted octanol–water partition coefficient (Wildman–Crippen LogP) is 7.83. The van der Waals surface area contributed by atoms with Crippen LogP contribution in [0.5, 0.6) is 0 Å². The van der Waals surface area contributed by atoms with Crippen molar-refractivity contribution < 1.29 is 5.11 Å². The fourth-order valence-corrected chi connectivity index (χ4v) is 4.61. The zero-order chi connectivity index (χ0) is 19.0. The second-order valence-electron chi connectivity index (χ2n) is 5.37. The van der Waals surface area contributed by atoms with E-state index >= 15 is 0 Å². The summed E-state index contributed by atoms with van der Waals surface area (Å²) in [5.74, 6) is 0. The first-order chi connectivity index (χ1) is 12.3. The summed E-state index contributed by atoms with van der Waals surface area (Å²) in [6.07, 6.45) is 1.56. The molecular weight excluding hydrogens is 459 g/mol. The molecule has 0 bridgehead atoms. The van der Waals surface area contributed by atoms with Gasteiger partial charge in [-0.2, -0.15) is 0 Å². The minimum Gasteiger partial charge on any atom is -0.392 e. The fourth-order valence-electron chi connectivity index (χ4n) is 2.58. The molecule has 0 spiro atoms. The van der Waals surface area contributed by atoms with Crippen LogP contribution in [0.15, 0.2) is 36.5 Å². The van der Waals surface area contributed by atoms with Crippen molar-refractivity contribution in [3.05, 3.63) is 72.2 Å². The number of halogens is 6. The minimum atomic E-state index is -0.261.